The van der Waals surface area contributed by atoms with Crippen LogP contribution in [0.5, 0.6) is 0 Å². The van der Waals surface area contributed by atoms with Crippen molar-refractivity contribution in [2.75, 3.05) is 5.43 Å². The number of nitrogens with zero attached hydrogens (tertiary/aromatic N) is 3. The predicted octanol–water partition coefficient (Wildman–Crippen LogP) is 4.79. The molecule has 1 aromatic heterocycles. The van der Waals surface area contributed by atoms with E-state index in [1.165, 1.54) is 12.1 Å². The van der Waals surface area contributed by atoms with Crippen LogP contribution in [0.15, 0.2) is 70.5 Å². The van der Waals surface area contributed by atoms with E-state index in [0.29, 0.717) is 0 Å². The summed E-state index contributed by atoms with van der Waals surface area (Å²) >= 11 is 1.57. The number of benzene rings is 2. The SMILES string of the molecule is O=[N+]([O-])c1ccc(N/N=C/[C@H](c2ccccc2)c2ccsc2)c([N+](=O)[O-])c1. The summed E-state index contributed by atoms with van der Waals surface area (Å²) in [4.78, 5) is 20.6. The second-order valence-corrected chi connectivity index (χ2v) is 6.33. The normalized spacial score (nSPS) is 12.0. The van der Waals surface area contributed by atoms with E-state index in [9.17, 15) is 20.2 Å². The number of anilines is 1. The molecule has 0 radical (unpaired) electrons. The minimum Gasteiger partial charge on any atom is -0.272 e. The highest BCUT2D eigenvalue weighted by atomic mass is 32.1. The zero-order valence-corrected chi connectivity index (χ0v) is 14.7. The number of hydrogen-bond donors (Lipinski definition) is 1. The molecule has 9 heteroatoms. The van der Waals surface area contributed by atoms with Crippen LogP contribution < -0.4 is 5.43 Å². The van der Waals surface area contributed by atoms with E-state index in [4.69, 9.17) is 0 Å². The molecular formula is C18H14N4O4S. The molecule has 0 aliphatic carbocycles. The van der Waals surface area contributed by atoms with Gasteiger partial charge in [-0.15, -0.1) is 0 Å². The van der Waals surface area contributed by atoms with Gasteiger partial charge in [0, 0.05) is 18.2 Å². The third-order valence-corrected chi connectivity index (χ3v) is 4.56. The van der Waals surface area contributed by atoms with E-state index < -0.39 is 15.5 Å². The van der Waals surface area contributed by atoms with Crippen molar-refractivity contribution < 1.29 is 9.85 Å². The summed E-state index contributed by atoms with van der Waals surface area (Å²) in [5.41, 5.74) is 4.03. The summed E-state index contributed by atoms with van der Waals surface area (Å²) in [7, 11) is 0. The third kappa shape index (κ3) is 4.33. The molecule has 8 nitrogen and oxygen atoms in total. The maximum Gasteiger partial charge on any atom is 0.301 e. The highest BCUT2D eigenvalue weighted by Crippen LogP contribution is 2.29. The van der Waals surface area contributed by atoms with E-state index in [0.717, 1.165) is 17.2 Å². The lowest BCUT2D eigenvalue weighted by Crippen LogP contribution is -2.04. The molecule has 27 heavy (non-hydrogen) atoms. The minimum atomic E-state index is -0.682. The van der Waals surface area contributed by atoms with Gasteiger partial charge in [0.1, 0.15) is 5.69 Å². The van der Waals surface area contributed by atoms with E-state index in [1.807, 2.05) is 47.2 Å². The van der Waals surface area contributed by atoms with Gasteiger partial charge < -0.3 is 0 Å². The maximum absolute atomic E-state index is 11.2. The zero-order valence-electron chi connectivity index (χ0n) is 13.9. The molecule has 1 heterocycles. The van der Waals surface area contributed by atoms with Gasteiger partial charge in [-0.25, -0.2) is 0 Å². The Labute approximate surface area is 158 Å². The summed E-state index contributed by atoms with van der Waals surface area (Å²) in [5.74, 6) is -0.123. The van der Waals surface area contributed by atoms with Crippen LogP contribution in [0, 0.1) is 20.2 Å². The fraction of sp³-hybridized carbons (Fsp3) is 0.0556. The van der Waals surface area contributed by atoms with Crippen LogP contribution in [0.1, 0.15) is 17.0 Å². The van der Waals surface area contributed by atoms with Gasteiger partial charge >= 0.3 is 5.69 Å². The van der Waals surface area contributed by atoms with Crippen LogP contribution in [0.25, 0.3) is 0 Å². The van der Waals surface area contributed by atoms with Crippen LogP contribution in [-0.2, 0) is 0 Å². The van der Waals surface area contributed by atoms with Crippen LogP contribution in [-0.4, -0.2) is 16.1 Å². The van der Waals surface area contributed by atoms with Gasteiger partial charge in [-0.3, -0.25) is 25.7 Å². The van der Waals surface area contributed by atoms with Gasteiger partial charge in [0.25, 0.3) is 5.69 Å². The molecule has 3 rings (SSSR count). The van der Waals surface area contributed by atoms with Gasteiger partial charge in [-0.05, 0) is 34.0 Å². The Balaban J connectivity index is 1.87. The first-order valence-corrected chi connectivity index (χ1v) is 8.79. The molecule has 1 atom stereocenters. The Morgan fingerprint density at radius 1 is 1.00 bits per heavy atom. The smallest absolute Gasteiger partial charge is 0.272 e. The van der Waals surface area contributed by atoms with E-state index in [-0.39, 0.29) is 17.3 Å². The van der Waals surface area contributed by atoms with Crippen molar-refractivity contribution in [3.05, 3.63) is 96.7 Å². The van der Waals surface area contributed by atoms with E-state index >= 15 is 0 Å². The molecule has 2 aromatic carbocycles. The van der Waals surface area contributed by atoms with Crippen molar-refractivity contribution in [3.63, 3.8) is 0 Å². The molecule has 136 valence electrons. The highest BCUT2D eigenvalue weighted by Gasteiger charge is 2.19. The summed E-state index contributed by atoms with van der Waals surface area (Å²) in [6.45, 7) is 0. The Morgan fingerprint density at radius 3 is 2.41 bits per heavy atom. The zero-order chi connectivity index (χ0) is 19.2. The lowest BCUT2D eigenvalue weighted by molar-refractivity contribution is -0.393. The van der Waals surface area contributed by atoms with Gasteiger partial charge in [0.2, 0.25) is 0 Å². The number of thiophene rings is 1. The van der Waals surface area contributed by atoms with Gasteiger partial charge in [0.15, 0.2) is 0 Å². The lowest BCUT2D eigenvalue weighted by atomic mass is 9.95. The van der Waals surface area contributed by atoms with Crippen LogP contribution in [0.2, 0.25) is 0 Å². The molecule has 0 bridgehead atoms. The Morgan fingerprint density at radius 2 is 1.78 bits per heavy atom. The van der Waals surface area contributed by atoms with Crippen molar-refractivity contribution >= 4 is 34.6 Å². The summed E-state index contributed by atoms with van der Waals surface area (Å²) in [6, 6.07) is 15.1. The molecule has 1 N–H and O–H groups in total. The average molecular weight is 382 g/mol. The predicted molar refractivity (Wildman–Crippen MR) is 104 cm³/mol. The second kappa shape index (κ2) is 8.19. The number of hydrogen-bond acceptors (Lipinski definition) is 7. The fourth-order valence-electron chi connectivity index (χ4n) is 2.54. The average Bonchev–Trinajstić information content (AvgIpc) is 3.20. The standard InChI is InChI=1S/C18H14N4O4S/c23-21(24)15-6-7-17(18(10-15)22(25)26)20-19-11-16(14-8-9-27-12-14)13-4-2-1-3-5-13/h1-12,16,20H/b19-11+/t16-/m1/s1. The summed E-state index contributed by atoms with van der Waals surface area (Å²) < 4.78 is 0. The number of non-ortho nitro benzene ring substituents is 1. The van der Waals surface area contributed by atoms with Crippen molar-refractivity contribution in [1.82, 2.24) is 0 Å². The molecule has 3 aromatic rings. The number of nitro benzene ring substituents is 2. The van der Waals surface area contributed by atoms with Crippen molar-refractivity contribution in [3.8, 4) is 0 Å². The third-order valence-electron chi connectivity index (χ3n) is 3.86. The van der Waals surface area contributed by atoms with E-state index in [1.54, 1.807) is 17.6 Å². The Bertz CT molecular complexity index is 974. The van der Waals surface area contributed by atoms with Gasteiger partial charge in [-0.1, -0.05) is 30.3 Å². The van der Waals surface area contributed by atoms with Crippen molar-refractivity contribution in [2.45, 2.75) is 5.92 Å². The van der Waals surface area contributed by atoms with Gasteiger partial charge in [-0.2, -0.15) is 16.4 Å². The Kier molecular flexibility index (Phi) is 5.53. The number of hydrazone groups is 1. The topological polar surface area (TPSA) is 111 Å². The van der Waals surface area contributed by atoms with E-state index in [2.05, 4.69) is 10.5 Å². The Hall–Kier alpha value is -3.59. The first-order valence-electron chi connectivity index (χ1n) is 7.85. The molecule has 0 spiro atoms. The van der Waals surface area contributed by atoms with Gasteiger partial charge in [0.05, 0.1) is 15.9 Å². The molecule has 0 unspecified atom stereocenters. The summed E-state index contributed by atoms with van der Waals surface area (Å²) in [6.07, 6.45) is 1.66. The monoisotopic (exact) mass is 382 g/mol. The minimum absolute atomic E-state index is 0.0824. The molecule has 0 amide bonds. The van der Waals surface area contributed by atoms with Crippen LogP contribution >= 0.6 is 11.3 Å². The molecule has 0 aliphatic heterocycles. The number of nitro groups is 2. The molecule has 0 aliphatic rings. The number of rotatable bonds is 7. The molecule has 0 saturated heterocycles. The molecular weight excluding hydrogens is 368 g/mol. The molecule has 0 saturated carbocycles. The number of nitrogens with one attached hydrogen (secondary N) is 1. The van der Waals surface area contributed by atoms with Crippen molar-refractivity contribution in [1.29, 1.82) is 0 Å². The van der Waals surface area contributed by atoms with Crippen molar-refractivity contribution in [2.24, 2.45) is 5.10 Å². The highest BCUT2D eigenvalue weighted by molar-refractivity contribution is 7.08. The largest absolute Gasteiger partial charge is 0.301 e. The van der Waals surface area contributed by atoms with Crippen LogP contribution in [0.4, 0.5) is 17.1 Å². The first-order chi connectivity index (χ1) is 13.1. The molecule has 0 fully saturated rings. The second-order valence-electron chi connectivity index (χ2n) is 5.55. The fourth-order valence-corrected chi connectivity index (χ4v) is 3.23. The quantitative estimate of drug-likeness (QED) is 0.359. The summed E-state index contributed by atoms with van der Waals surface area (Å²) in [5, 5.41) is 30.1. The van der Waals surface area contributed by atoms with Crippen LogP contribution in [0.3, 0.4) is 0 Å². The lowest BCUT2D eigenvalue weighted by Gasteiger charge is -2.11. The first kappa shape index (κ1) is 18.2. The maximum atomic E-state index is 11.2.